The van der Waals surface area contributed by atoms with Crippen molar-refractivity contribution in [2.24, 2.45) is 21.1 Å². The molecule has 0 spiro atoms. The van der Waals surface area contributed by atoms with Gasteiger partial charge in [0.15, 0.2) is 0 Å². The van der Waals surface area contributed by atoms with Gasteiger partial charge in [0, 0.05) is 0 Å². The van der Waals surface area contributed by atoms with Crippen LogP contribution in [-0.2, 0) is 0 Å². The summed E-state index contributed by atoms with van der Waals surface area (Å²) in [6.45, 7) is 0. The Bertz CT molecular complexity index is 325. The fraction of sp³-hybridized carbons (Fsp3) is 0.429. The van der Waals surface area contributed by atoms with Gasteiger partial charge in [0.05, 0.1) is 0 Å². The fourth-order valence-electron chi connectivity index (χ4n) is 1.26. The van der Waals surface area contributed by atoms with Crippen LogP contribution < -0.4 is 11.2 Å². The topological polar surface area (TPSA) is 133 Å². The van der Waals surface area contributed by atoms with Crippen LogP contribution in [0.3, 0.4) is 0 Å². The van der Waals surface area contributed by atoms with Crippen molar-refractivity contribution in [3.63, 3.8) is 0 Å². The standard InChI is InChI=1S/C7H11N5O3/c8-7(13)10-9-6-4(11-14)2-1-3-5(6)12-15/h14-15H,1-3H2,(H3,8,10,13). The molecule has 0 aromatic rings. The molecule has 0 radical (unpaired) electrons. The van der Waals surface area contributed by atoms with E-state index in [1.165, 1.54) is 0 Å². The number of oxime groups is 2. The summed E-state index contributed by atoms with van der Waals surface area (Å²) in [5.41, 5.74) is 7.46. The quantitative estimate of drug-likeness (QED) is 0.356. The van der Waals surface area contributed by atoms with Gasteiger partial charge in [0.25, 0.3) is 0 Å². The highest BCUT2D eigenvalue weighted by Gasteiger charge is 2.23. The van der Waals surface area contributed by atoms with Crippen molar-refractivity contribution in [2.45, 2.75) is 19.3 Å². The number of primary amides is 1. The summed E-state index contributed by atoms with van der Waals surface area (Å²) in [6.07, 6.45) is 1.68. The molecule has 0 aliphatic heterocycles. The Hall–Kier alpha value is -2.12. The number of carbonyl (C=O) groups is 1. The van der Waals surface area contributed by atoms with E-state index in [0.29, 0.717) is 19.3 Å². The molecule has 0 bridgehead atoms. The maximum Gasteiger partial charge on any atom is 0.332 e. The van der Waals surface area contributed by atoms with Crippen LogP contribution in [0.25, 0.3) is 0 Å². The SMILES string of the molecule is NC(=O)NN=C1C(=NO)CCCC1=NO. The Labute approximate surface area is 85.1 Å². The molecule has 5 N–H and O–H groups in total. The second-order valence-electron chi connectivity index (χ2n) is 2.88. The number of carbonyl (C=O) groups excluding carboxylic acids is 1. The molecule has 0 saturated heterocycles. The maximum absolute atomic E-state index is 10.4. The molecule has 0 aromatic carbocycles. The first kappa shape index (κ1) is 11.0. The molecule has 1 rings (SSSR count). The molecule has 1 aliphatic rings. The van der Waals surface area contributed by atoms with E-state index in [0.717, 1.165) is 0 Å². The van der Waals surface area contributed by atoms with Crippen molar-refractivity contribution >= 4 is 23.2 Å². The van der Waals surface area contributed by atoms with E-state index in [1.807, 2.05) is 5.43 Å². The number of hydrogen-bond acceptors (Lipinski definition) is 6. The van der Waals surface area contributed by atoms with Gasteiger partial charge in [-0.25, -0.2) is 10.2 Å². The molecule has 0 aromatic heterocycles. The third-order valence-corrected chi connectivity index (χ3v) is 1.89. The van der Waals surface area contributed by atoms with Crippen LogP contribution >= 0.6 is 0 Å². The summed E-state index contributed by atoms with van der Waals surface area (Å²) >= 11 is 0. The zero-order valence-electron chi connectivity index (χ0n) is 7.84. The Balaban J connectivity index is 2.94. The van der Waals surface area contributed by atoms with E-state index >= 15 is 0 Å². The average molecular weight is 213 g/mol. The number of hydrogen-bond donors (Lipinski definition) is 4. The van der Waals surface area contributed by atoms with Gasteiger partial charge in [-0.1, -0.05) is 10.3 Å². The van der Waals surface area contributed by atoms with Crippen molar-refractivity contribution in [3.05, 3.63) is 0 Å². The van der Waals surface area contributed by atoms with Crippen LogP contribution in [-0.4, -0.2) is 33.6 Å². The predicted molar refractivity (Wildman–Crippen MR) is 52.4 cm³/mol. The normalized spacial score (nSPS) is 21.7. The molecule has 15 heavy (non-hydrogen) atoms. The highest BCUT2D eigenvalue weighted by molar-refractivity contribution is 6.69. The lowest BCUT2D eigenvalue weighted by Crippen LogP contribution is -2.34. The van der Waals surface area contributed by atoms with Gasteiger partial charge in [-0.2, -0.15) is 5.10 Å². The summed E-state index contributed by atoms with van der Waals surface area (Å²) in [7, 11) is 0. The van der Waals surface area contributed by atoms with Gasteiger partial charge in [-0.3, -0.25) is 0 Å². The number of urea groups is 1. The first-order chi connectivity index (χ1) is 7.19. The molecule has 8 heteroatoms. The van der Waals surface area contributed by atoms with Gasteiger partial charge in [-0.05, 0) is 19.3 Å². The van der Waals surface area contributed by atoms with Gasteiger partial charge >= 0.3 is 6.03 Å². The maximum atomic E-state index is 10.4. The van der Waals surface area contributed by atoms with Crippen molar-refractivity contribution in [2.75, 3.05) is 0 Å². The van der Waals surface area contributed by atoms with Crippen LogP contribution in [0.1, 0.15) is 19.3 Å². The zero-order chi connectivity index (χ0) is 11.3. The average Bonchev–Trinajstić information content (AvgIpc) is 2.25. The Morgan fingerprint density at radius 1 is 1.27 bits per heavy atom. The molecule has 1 aliphatic carbocycles. The van der Waals surface area contributed by atoms with Crippen LogP contribution in [0, 0.1) is 0 Å². The summed E-state index contributed by atoms with van der Waals surface area (Å²) in [4.78, 5) is 10.4. The van der Waals surface area contributed by atoms with Crippen molar-refractivity contribution in [1.82, 2.24) is 5.43 Å². The van der Waals surface area contributed by atoms with E-state index in [9.17, 15) is 4.79 Å². The van der Waals surface area contributed by atoms with E-state index < -0.39 is 6.03 Å². The number of amides is 2. The molecule has 82 valence electrons. The van der Waals surface area contributed by atoms with E-state index in [-0.39, 0.29) is 17.1 Å². The molecule has 8 nitrogen and oxygen atoms in total. The smallest absolute Gasteiger partial charge is 0.332 e. The van der Waals surface area contributed by atoms with Crippen LogP contribution in [0.2, 0.25) is 0 Å². The first-order valence-corrected chi connectivity index (χ1v) is 4.24. The summed E-state index contributed by atoms with van der Waals surface area (Å²) in [5, 5.41) is 26.9. The third-order valence-electron chi connectivity index (χ3n) is 1.89. The lowest BCUT2D eigenvalue weighted by Gasteiger charge is -2.14. The van der Waals surface area contributed by atoms with Gasteiger partial charge in [0.1, 0.15) is 17.1 Å². The van der Waals surface area contributed by atoms with E-state index in [4.69, 9.17) is 16.1 Å². The highest BCUT2D eigenvalue weighted by atomic mass is 16.4. The minimum atomic E-state index is -0.845. The molecular weight excluding hydrogens is 202 g/mol. The Morgan fingerprint density at radius 2 is 1.80 bits per heavy atom. The largest absolute Gasteiger partial charge is 0.411 e. The summed E-state index contributed by atoms with van der Waals surface area (Å²) in [6, 6.07) is -0.845. The van der Waals surface area contributed by atoms with E-state index in [2.05, 4.69) is 15.4 Å². The second-order valence-corrected chi connectivity index (χ2v) is 2.88. The molecule has 0 unspecified atom stereocenters. The second kappa shape index (κ2) is 4.94. The van der Waals surface area contributed by atoms with Crippen molar-refractivity contribution < 1.29 is 15.2 Å². The highest BCUT2D eigenvalue weighted by Crippen LogP contribution is 2.11. The van der Waals surface area contributed by atoms with Gasteiger partial charge in [0.2, 0.25) is 0 Å². The molecule has 0 heterocycles. The molecule has 2 amide bonds. The van der Waals surface area contributed by atoms with Crippen LogP contribution in [0.15, 0.2) is 15.4 Å². The minimum Gasteiger partial charge on any atom is -0.411 e. The Kier molecular flexibility index (Phi) is 3.61. The summed E-state index contributed by atoms with van der Waals surface area (Å²) in [5.74, 6) is 0. The lowest BCUT2D eigenvalue weighted by atomic mass is 9.94. The predicted octanol–water partition coefficient (Wildman–Crippen LogP) is -0.145. The van der Waals surface area contributed by atoms with Gasteiger partial charge < -0.3 is 16.1 Å². The molecular formula is C7H11N5O3. The third kappa shape index (κ3) is 2.66. The van der Waals surface area contributed by atoms with Crippen LogP contribution in [0.5, 0.6) is 0 Å². The van der Waals surface area contributed by atoms with E-state index in [1.54, 1.807) is 0 Å². The molecule has 1 fully saturated rings. The van der Waals surface area contributed by atoms with Crippen molar-refractivity contribution in [1.29, 1.82) is 0 Å². The minimum absolute atomic E-state index is 0.144. The molecule has 0 atom stereocenters. The fourth-order valence-corrected chi connectivity index (χ4v) is 1.26. The first-order valence-electron chi connectivity index (χ1n) is 4.24. The number of nitrogens with two attached hydrogens (primary N) is 1. The monoisotopic (exact) mass is 213 g/mol. The number of nitrogens with zero attached hydrogens (tertiary/aromatic N) is 3. The van der Waals surface area contributed by atoms with Crippen molar-refractivity contribution in [3.8, 4) is 0 Å². The number of hydrazone groups is 1. The number of nitrogens with one attached hydrogen (secondary N) is 1. The number of rotatable bonds is 1. The molecule has 1 saturated carbocycles. The van der Waals surface area contributed by atoms with Crippen LogP contribution in [0.4, 0.5) is 4.79 Å². The zero-order valence-corrected chi connectivity index (χ0v) is 7.84. The summed E-state index contributed by atoms with van der Waals surface area (Å²) < 4.78 is 0. The Morgan fingerprint density at radius 3 is 2.20 bits per heavy atom. The lowest BCUT2D eigenvalue weighted by molar-refractivity contribution is 0.249. The van der Waals surface area contributed by atoms with Gasteiger partial charge in [-0.15, -0.1) is 0 Å².